The minimum absolute atomic E-state index is 0.00733. The zero-order chi connectivity index (χ0) is 20.6. The summed E-state index contributed by atoms with van der Waals surface area (Å²) in [6, 6.07) is 13.9. The summed E-state index contributed by atoms with van der Waals surface area (Å²) in [5.74, 6) is -1.23. The molecule has 0 aliphatic rings. The summed E-state index contributed by atoms with van der Waals surface area (Å²) in [7, 11) is -1.19. The number of hydrogen-bond acceptors (Lipinski definition) is 4. The maximum Gasteiger partial charge on any atom is 0.335 e. The van der Waals surface area contributed by atoms with Gasteiger partial charge in [-0.2, -0.15) is 0 Å². The van der Waals surface area contributed by atoms with E-state index in [9.17, 15) is 18.0 Å². The van der Waals surface area contributed by atoms with Crippen LogP contribution in [0.4, 0.5) is 5.69 Å². The number of benzene rings is 2. The molecular formula is C19H19N3O5S. The van der Waals surface area contributed by atoms with E-state index in [0.29, 0.717) is 11.4 Å². The van der Waals surface area contributed by atoms with E-state index < -0.39 is 21.6 Å². The number of carboxylic acid groups (broad SMARTS) is 1. The Kier molecular flexibility index (Phi) is 4.86. The smallest absolute Gasteiger partial charge is 0.335 e. The minimum Gasteiger partial charge on any atom is -0.478 e. The molecule has 28 heavy (non-hydrogen) atoms. The molecule has 0 amide bonds. The van der Waals surface area contributed by atoms with Crippen molar-refractivity contribution in [3.63, 3.8) is 0 Å². The molecule has 146 valence electrons. The lowest BCUT2D eigenvalue weighted by molar-refractivity contribution is 0.0696. The summed E-state index contributed by atoms with van der Waals surface area (Å²) >= 11 is 0. The summed E-state index contributed by atoms with van der Waals surface area (Å²) < 4.78 is 29.9. The van der Waals surface area contributed by atoms with Gasteiger partial charge in [-0.15, -0.1) is 0 Å². The molecule has 0 unspecified atom stereocenters. The highest BCUT2D eigenvalue weighted by Crippen LogP contribution is 2.24. The van der Waals surface area contributed by atoms with Gasteiger partial charge in [0, 0.05) is 14.1 Å². The maximum atomic E-state index is 13.0. The highest BCUT2D eigenvalue weighted by molar-refractivity contribution is 7.92. The van der Waals surface area contributed by atoms with E-state index >= 15 is 0 Å². The van der Waals surface area contributed by atoms with Crippen LogP contribution >= 0.6 is 0 Å². The van der Waals surface area contributed by atoms with E-state index in [1.54, 1.807) is 42.9 Å². The van der Waals surface area contributed by atoms with E-state index in [0.717, 1.165) is 10.4 Å². The van der Waals surface area contributed by atoms with Crippen molar-refractivity contribution in [2.45, 2.75) is 11.8 Å². The summed E-state index contributed by atoms with van der Waals surface area (Å²) in [6.45, 7) is 1.65. The molecule has 0 aliphatic heterocycles. The lowest BCUT2D eigenvalue weighted by atomic mass is 10.2. The van der Waals surface area contributed by atoms with Gasteiger partial charge in [-0.25, -0.2) is 17.9 Å². The minimum atomic E-state index is -4.14. The fraction of sp³-hybridized carbons (Fsp3) is 0.158. The molecule has 3 rings (SSSR count). The molecule has 1 N–H and O–H groups in total. The van der Waals surface area contributed by atoms with Gasteiger partial charge >= 0.3 is 5.97 Å². The van der Waals surface area contributed by atoms with Crippen LogP contribution in [0.25, 0.3) is 5.69 Å². The average molecular weight is 401 g/mol. The second kappa shape index (κ2) is 7.01. The average Bonchev–Trinajstić information content (AvgIpc) is 2.90. The van der Waals surface area contributed by atoms with Gasteiger partial charge < -0.3 is 5.11 Å². The van der Waals surface area contributed by atoms with Crippen molar-refractivity contribution in [1.29, 1.82) is 0 Å². The van der Waals surface area contributed by atoms with Crippen LogP contribution in [0.5, 0.6) is 0 Å². The first-order valence-corrected chi connectivity index (χ1v) is 9.76. The zero-order valence-electron chi connectivity index (χ0n) is 15.5. The van der Waals surface area contributed by atoms with Gasteiger partial charge in [0.25, 0.3) is 15.6 Å². The van der Waals surface area contributed by atoms with Crippen LogP contribution in [0.2, 0.25) is 0 Å². The molecule has 2 aromatic carbocycles. The Hall–Kier alpha value is -3.33. The Balaban J connectivity index is 2.16. The SMILES string of the molecule is Cc1c(N(C)S(=O)(=O)c2cccc(C(=O)O)c2)c(=O)n(-c2ccccc2)n1C. The predicted molar refractivity (Wildman–Crippen MR) is 105 cm³/mol. The van der Waals surface area contributed by atoms with Gasteiger partial charge in [0.1, 0.15) is 5.69 Å². The lowest BCUT2D eigenvalue weighted by Crippen LogP contribution is -2.32. The normalized spacial score (nSPS) is 11.4. The Labute approximate surface area is 161 Å². The zero-order valence-corrected chi connectivity index (χ0v) is 16.3. The number of para-hydroxylation sites is 1. The summed E-state index contributed by atoms with van der Waals surface area (Å²) in [6.07, 6.45) is 0. The Morgan fingerprint density at radius 3 is 2.32 bits per heavy atom. The van der Waals surface area contributed by atoms with Crippen molar-refractivity contribution in [3.05, 3.63) is 76.2 Å². The van der Waals surface area contributed by atoms with Crippen molar-refractivity contribution in [3.8, 4) is 5.69 Å². The lowest BCUT2D eigenvalue weighted by Gasteiger charge is -2.18. The van der Waals surface area contributed by atoms with Crippen LogP contribution in [0, 0.1) is 6.92 Å². The molecule has 0 bridgehead atoms. The van der Waals surface area contributed by atoms with Gasteiger partial charge in [-0.3, -0.25) is 13.8 Å². The standard InChI is InChI=1S/C19H19N3O5S/c1-13-17(18(23)22(20(13)2)15-9-5-4-6-10-15)21(3)28(26,27)16-11-7-8-14(12-16)19(24)25/h4-12H,1-3H3,(H,24,25). The number of carbonyl (C=O) groups is 1. The summed E-state index contributed by atoms with van der Waals surface area (Å²) in [5, 5.41) is 9.12. The van der Waals surface area contributed by atoms with E-state index in [-0.39, 0.29) is 16.1 Å². The van der Waals surface area contributed by atoms with Crippen LogP contribution in [-0.2, 0) is 17.1 Å². The van der Waals surface area contributed by atoms with Gasteiger partial charge in [-0.05, 0) is 37.3 Å². The third-order valence-corrected chi connectivity index (χ3v) is 6.33. The highest BCUT2D eigenvalue weighted by atomic mass is 32.2. The van der Waals surface area contributed by atoms with Crippen molar-refractivity contribution >= 4 is 21.7 Å². The topological polar surface area (TPSA) is 102 Å². The van der Waals surface area contributed by atoms with Gasteiger partial charge in [0.2, 0.25) is 0 Å². The summed E-state index contributed by atoms with van der Waals surface area (Å²) in [5.41, 5.74) is 0.400. The molecule has 0 spiro atoms. The maximum absolute atomic E-state index is 13.0. The fourth-order valence-corrected chi connectivity index (χ4v) is 4.28. The number of rotatable bonds is 5. The predicted octanol–water partition coefficient (Wildman–Crippen LogP) is 2.01. The number of aromatic nitrogens is 2. The molecule has 1 heterocycles. The van der Waals surface area contributed by atoms with E-state index in [4.69, 9.17) is 5.11 Å². The van der Waals surface area contributed by atoms with Crippen LogP contribution in [0.15, 0.2) is 64.3 Å². The van der Waals surface area contributed by atoms with Crippen molar-refractivity contribution < 1.29 is 18.3 Å². The molecule has 0 saturated heterocycles. The number of hydrogen-bond donors (Lipinski definition) is 1. The molecule has 0 atom stereocenters. The number of anilines is 1. The van der Waals surface area contributed by atoms with E-state index in [1.165, 1.54) is 29.9 Å². The largest absolute Gasteiger partial charge is 0.478 e. The molecule has 0 saturated carbocycles. The van der Waals surface area contributed by atoms with Crippen molar-refractivity contribution in [1.82, 2.24) is 9.36 Å². The number of carboxylic acids is 1. The molecule has 0 radical (unpaired) electrons. The molecule has 0 aliphatic carbocycles. The third kappa shape index (κ3) is 3.09. The fourth-order valence-electron chi connectivity index (χ4n) is 2.98. The van der Waals surface area contributed by atoms with Crippen LogP contribution in [0.1, 0.15) is 16.1 Å². The van der Waals surface area contributed by atoms with Gasteiger partial charge in [0.15, 0.2) is 0 Å². The molecule has 1 aromatic heterocycles. The number of nitrogens with zero attached hydrogens (tertiary/aromatic N) is 3. The summed E-state index contributed by atoms with van der Waals surface area (Å²) in [4.78, 5) is 24.0. The second-order valence-electron chi connectivity index (χ2n) is 6.22. The third-order valence-electron chi connectivity index (χ3n) is 4.58. The first-order valence-electron chi connectivity index (χ1n) is 8.32. The number of aromatic carboxylic acids is 1. The second-order valence-corrected chi connectivity index (χ2v) is 8.18. The Morgan fingerprint density at radius 1 is 1.07 bits per heavy atom. The number of sulfonamides is 1. The molecule has 0 fully saturated rings. The van der Waals surface area contributed by atoms with E-state index in [1.807, 2.05) is 6.07 Å². The monoisotopic (exact) mass is 401 g/mol. The van der Waals surface area contributed by atoms with Crippen molar-refractivity contribution in [2.24, 2.45) is 7.05 Å². The first kappa shape index (κ1) is 19.4. The molecule has 8 nitrogen and oxygen atoms in total. The Morgan fingerprint density at radius 2 is 1.71 bits per heavy atom. The van der Waals surface area contributed by atoms with Crippen molar-refractivity contribution in [2.75, 3.05) is 11.4 Å². The molecular weight excluding hydrogens is 382 g/mol. The van der Waals surface area contributed by atoms with Gasteiger partial charge in [-0.1, -0.05) is 24.3 Å². The highest BCUT2D eigenvalue weighted by Gasteiger charge is 2.29. The van der Waals surface area contributed by atoms with Gasteiger partial charge in [0.05, 0.1) is 21.8 Å². The quantitative estimate of drug-likeness (QED) is 0.705. The van der Waals surface area contributed by atoms with Crippen LogP contribution < -0.4 is 9.86 Å². The van der Waals surface area contributed by atoms with E-state index in [2.05, 4.69) is 0 Å². The molecule has 3 aromatic rings. The molecule has 9 heteroatoms. The first-order chi connectivity index (χ1) is 13.2. The Bertz CT molecular complexity index is 1210. The van der Waals surface area contributed by atoms with Crippen LogP contribution in [-0.4, -0.2) is 35.9 Å². The van der Waals surface area contributed by atoms with Crippen LogP contribution in [0.3, 0.4) is 0 Å².